The van der Waals surface area contributed by atoms with E-state index in [0.717, 1.165) is 24.8 Å². The molecule has 0 radical (unpaired) electrons. The zero-order chi connectivity index (χ0) is 18.7. The van der Waals surface area contributed by atoms with Gasteiger partial charge >= 0.3 is 0 Å². The number of benzene rings is 1. The summed E-state index contributed by atoms with van der Waals surface area (Å²) in [5.74, 6) is -1.17. The number of carbonyl (C=O) groups excluding carboxylic acids is 2. The lowest BCUT2D eigenvalue weighted by atomic mass is 9.83. The molecule has 6 nitrogen and oxygen atoms in total. The standard InChI is InChI=1S/C19H21FN4O2/c1-24-16-7-6-13(20)10-12(16)11-17(24)19(26)23-15-5-3-2-4-14(15)18(25)22-9-8-21/h6-7,10-11,14-15H,2-5,9H2,1H3,(H,22,25)(H,23,26)/t14-,15+/m1/s1. The number of halogens is 1. The molecule has 0 aliphatic heterocycles. The smallest absolute Gasteiger partial charge is 0.268 e. The average molecular weight is 356 g/mol. The van der Waals surface area contributed by atoms with Gasteiger partial charge in [0.15, 0.2) is 0 Å². The highest BCUT2D eigenvalue weighted by Crippen LogP contribution is 2.26. The number of nitriles is 1. The lowest BCUT2D eigenvalue weighted by Crippen LogP contribution is -2.48. The van der Waals surface area contributed by atoms with E-state index in [2.05, 4.69) is 10.6 Å². The van der Waals surface area contributed by atoms with Crippen molar-refractivity contribution in [2.24, 2.45) is 13.0 Å². The molecular weight excluding hydrogens is 335 g/mol. The molecule has 0 unspecified atom stereocenters. The summed E-state index contributed by atoms with van der Waals surface area (Å²) in [5.41, 5.74) is 1.19. The molecule has 1 aromatic carbocycles. The van der Waals surface area contributed by atoms with E-state index in [9.17, 15) is 14.0 Å². The van der Waals surface area contributed by atoms with E-state index in [0.29, 0.717) is 17.5 Å². The highest BCUT2D eigenvalue weighted by atomic mass is 19.1. The number of hydrogen-bond donors (Lipinski definition) is 2. The Bertz CT molecular complexity index is 884. The maximum Gasteiger partial charge on any atom is 0.268 e. The predicted molar refractivity (Wildman–Crippen MR) is 94.7 cm³/mol. The molecule has 3 rings (SSSR count). The third kappa shape index (κ3) is 3.54. The van der Waals surface area contributed by atoms with Crippen molar-refractivity contribution in [1.29, 1.82) is 5.26 Å². The quantitative estimate of drug-likeness (QED) is 0.824. The molecule has 0 spiro atoms. The molecule has 2 amide bonds. The van der Waals surface area contributed by atoms with Crippen LogP contribution in [0, 0.1) is 23.1 Å². The molecule has 1 aliphatic rings. The normalized spacial score (nSPS) is 19.7. The summed E-state index contributed by atoms with van der Waals surface area (Å²) in [7, 11) is 1.76. The Balaban J connectivity index is 1.78. The van der Waals surface area contributed by atoms with Crippen LogP contribution in [-0.2, 0) is 11.8 Å². The van der Waals surface area contributed by atoms with Crippen molar-refractivity contribution >= 4 is 22.7 Å². The van der Waals surface area contributed by atoms with Gasteiger partial charge in [-0.2, -0.15) is 5.26 Å². The predicted octanol–water partition coefficient (Wildman–Crippen LogP) is 2.25. The van der Waals surface area contributed by atoms with Gasteiger partial charge in [0, 0.05) is 24.0 Å². The Labute approximate surface area is 151 Å². The number of carbonyl (C=O) groups is 2. The fraction of sp³-hybridized carbons (Fsp3) is 0.421. The summed E-state index contributed by atoms with van der Waals surface area (Å²) in [6.45, 7) is -0.0369. The summed E-state index contributed by atoms with van der Waals surface area (Å²) < 4.78 is 15.1. The van der Waals surface area contributed by atoms with E-state index in [1.165, 1.54) is 12.1 Å². The van der Waals surface area contributed by atoms with Crippen LogP contribution < -0.4 is 10.6 Å². The Kier molecular flexibility index (Phi) is 5.21. The SMILES string of the molecule is Cn1c(C(=O)N[C@H]2CCCC[C@H]2C(=O)NCC#N)cc2cc(F)ccc21. The third-order valence-corrected chi connectivity index (χ3v) is 5.00. The Morgan fingerprint density at radius 2 is 2.08 bits per heavy atom. The summed E-state index contributed by atoms with van der Waals surface area (Å²) >= 11 is 0. The van der Waals surface area contributed by atoms with Crippen LogP contribution in [0.4, 0.5) is 4.39 Å². The third-order valence-electron chi connectivity index (χ3n) is 5.00. The van der Waals surface area contributed by atoms with Crippen LogP contribution in [0.2, 0.25) is 0 Å². The van der Waals surface area contributed by atoms with Crippen LogP contribution in [0.15, 0.2) is 24.3 Å². The summed E-state index contributed by atoms with van der Waals surface area (Å²) in [6.07, 6.45) is 3.26. The van der Waals surface area contributed by atoms with Crippen LogP contribution in [0.3, 0.4) is 0 Å². The second-order valence-electron chi connectivity index (χ2n) is 6.64. The van der Waals surface area contributed by atoms with Gasteiger partial charge in [0.1, 0.15) is 18.1 Å². The maximum absolute atomic E-state index is 13.4. The Morgan fingerprint density at radius 3 is 2.85 bits per heavy atom. The molecule has 1 heterocycles. The number of nitrogens with one attached hydrogen (secondary N) is 2. The van der Waals surface area contributed by atoms with Gasteiger partial charge in [0.05, 0.1) is 12.0 Å². The van der Waals surface area contributed by atoms with E-state index < -0.39 is 0 Å². The molecule has 2 aromatic rings. The van der Waals surface area contributed by atoms with Crippen molar-refractivity contribution in [3.05, 3.63) is 35.8 Å². The highest BCUT2D eigenvalue weighted by Gasteiger charge is 2.32. The average Bonchev–Trinajstić information content (AvgIpc) is 2.96. The molecule has 136 valence electrons. The van der Waals surface area contributed by atoms with E-state index >= 15 is 0 Å². The van der Waals surface area contributed by atoms with Gasteiger partial charge in [-0.15, -0.1) is 0 Å². The number of amides is 2. The first-order chi connectivity index (χ1) is 12.5. The summed E-state index contributed by atoms with van der Waals surface area (Å²) in [4.78, 5) is 25.0. The first kappa shape index (κ1) is 17.9. The molecule has 7 heteroatoms. The fourth-order valence-electron chi connectivity index (χ4n) is 3.66. The van der Waals surface area contributed by atoms with Crippen LogP contribution in [0.5, 0.6) is 0 Å². The van der Waals surface area contributed by atoms with Gasteiger partial charge in [0.2, 0.25) is 5.91 Å². The van der Waals surface area contributed by atoms with Crippen molar-refractivity contribution in [1.82, 2.24) is 15.2 Å². The van der Waals surface area contributed by atoms with E-state index in [1.54, 1.807) is 23.7 Å². The van der Waals surface area contributed by atoms with Gasteiger partial charge in [-0.25, -0.2) is 4.39 Å². The molecule has 2 N–H and O–H groups in total. The zero-order valence-electron chi connectivity index (χ0n) is 14.6. The number of rotatable bonds is 4. The fourth-order valence-corrected chi connectivity index (χ4v) is 3.66. The minimum atomic E-state index is -0.350. The van der Waals surface area contributed by atoms with E-state index in [4.69, 9.17) is 5.26 Å². The summed E-state index contributed by atoms with van der Waals surface area (Å²) in [6, 6.07) is 7.67. The van der Waals surface area contributed by atoms with Crippen LogP contribution >= 0.6 is 0 Å². The van der Waals surface area contributed by atoms with Gasteiger partial charge in [-0.3, -0.25) is 9.59 Å². The monoisotopic (exact) mass is 356 g/mol. The van der Waals surface area contributed by atoms with Crippen molar-refractivity contribution in [3.8, 4) is 6.07 Å². The molecule has 1 aromatic heterocycles. The number of hydrogen-bond acceptors (Lipinski definition) is 3. The molecule has 26 heavy (non-hydrogen) atoms. The second kappa shape index (κ2) is 7.56. The summed E-state index contributed by atoms with van der Waals surface area (Å²) in [5, 5.41) is 14.8. The Morgan fingerprint density at radius 1 is 1.31 bits per heavy atom. The lowest BCUT2D eigenvalue weighted by molar-refractivity contribution is -0.126. The molecule has 2 atom stereocenters. The number of nitrogens with zero attached hydrogens (tertiary/aromatic N) is 2. The zero-order valence-corrected chi connectivity index (χ0v) is 14.6. The minimum Gasteiger partial charge on any atom is -0.347 e. The van der Waals surface area contributed by atoms with Crippen molar-refractivity contribution in [3.63, 3.8) is 0 Å². The van der Waals surface area contributed by atoms with Crippen molar-refractivity contribution in [2.75, 3.05) is 6.54 Å². The molecule has 1 fully saturated rings. The van der Waals surface area contributed by atoms with Gasteiger partial charge in [-0.05, 0) is 37.1 Å². The van der Waals surface area contributed by atoms with Crippen LogP contribution in [-0.4, -0.2) is 29.0 Å². The molecule has 0 saturated heterocycles. The topological polar surface area (TPSA) is 86.9 Å². The Hall–Kier alpha value is -2.88. The van der Waals surface area contributed by atoms with Crippen molar-refractivity contribution in [2.45, 2.75) is 31.7 Å². The second-order valence-corrected chi connectivity index (χ2v) is 6.64. The minimum absolute atomic E-state index is 0.0369. The van der Waals surface area contributed by atoms with Crippen molar-refractivity contribution < 1.29 is 14.0 Å². The van der Waals surface area contributed by atoms with Gasteiger partial charge in [0.25, 0.3) is 5.91 Å². The van der Waals surface area contributed by atoms with E-state index in [-0.39, 0.29) is 36.1 Å². The highest BCUT2D eigenvalue weighted by molar-refractivity contribution is 5.99. The first-order valence-electron chi connectivity index (χ1n) is 8.71. The van der Waals surface area contributed by atoms with Gasteiger partial charge in [-0.1, -0.05) is 12.8 Å². The number of fused-ring (bicyclic) bond motifs is 1. The number of aromatic nitrogens is 1. The molecule has 1 saturated carbocycles. The largest absolute Gasteiger partial charge is 0.347 e. The van der Waals surface area contributed by atoms with Gasteiger partial charge < -0.3 is 15.2 Å². The van der Waals surface area contributed by atoms with E-state index in [1.807, 2.05) is 6.07 Å². The maximum atomic E-state index is 13.4. The molecule has 0 bridgehead atoms. The lowest BCUT2D eigenvalue weighted by Gasteiger charge is -2.31. The van der Waals surface area contributed by atoms with Crippen LogP contribution in [0.1, 0.15) is 36.2 Å². The number of aryl methyl sites for hydroxylation is 1. The molecule has 1 aliphatic carbocycles. The molecular formula is C19H21FN4O2. The first-order valence-corrected chi connectivity index (χ1v) is 8.71. The van der Waals surface area contributed by atoms with Crippen LogP contribution in [0.25, 0.3) is 10.9 Å².